The van der Waals surface area contributed by atoms with Crippen LogP contribution in [-0.4, -0.2) is 18.2 Å². The molecule has 0 atom stereocenters. The molecule has 11 heavy (non-hydrogen) atoms. The van der Waals surface area contributed by atoms with E-state index in [-0.39, 0.29) is 5.54 Å². The fraction of sp³-hybridized carbons (Fsp3) is 0.375. The second kappa shape index (κ2) is 2.29. The summed E-state index contributed by atoms with van der Waals surface area (Å²) in [7, 11) is 0. The van der Waals surface area contributed by atoms with Crippen LogP contribution in [0.15, 0.2) is 24.5 Å². The van der Waals surface area contributed by atoms with Crippen LogP contribution in [0.25, 0.3) is 0 Å². The molecule has 2 rings (SSSR count). The molecule has 0 unspecified atom stereocenters. The maximum atomic E-state index is 5.97. The van der Waals surface area contributed by atoms with E-state index in [0.29, 0.717) is 13.2 Å². The second-order valence-electron chi connectivity index (χ2n) is 2.88. The van der Waals surface area contributed by atoms with Gasteiger partial charge >= 0.3 is 0 Å². The molecule has 1 aromatic heterocycles. The normalized spacial score (nSPS) is 20.8. The van der Waals surface area contributed by atoms with Crippen molar-refractivity contribution in [1.82, 2.24) is 4.98 Å². The lowest BCUT2D eigenvalue weighted by Gasteiger charge is -2.37. The average molecular weight is 150 g/mol. The third-order valence-corrected chi connectivity index (χ3v) is 1.97. The van der Waals surface area contributed by atoms with Crippen LogP contribution in [-0.2, 0) is 10.3 Å². The largest absolute Gasteiger partial charge is 0.377 e. The minimum atomic E-state index is -0.247. The summed E-state index contributed by atoms with van der Waals surface area (Å²) in [6.07, 6.45) is 3.50. The Morgan fingerprint density at radius 2 is 2.00 bits per heavy atom. The molecular weight excluding hydrogens is 140 g/mol. The van der Waals surface area contributed by atoms with Gasteiger partial charge in [0.05, 0.1) is 18.8 Å². The number of rotatable bonds is 1. The van der Waals surface area contributed by atoms with Crippen LogP contribution in [0.5, 0.6) is 0 Å². The summed E-state index contributed by atoms with van der Waals surface area (Å²) >= 11 is 0. The molecule has 1 saturated heterocycles. The number of pyridine rings is 1. The van der Waals surface area contributed by atoms with Crippen molar-refractivity contribution in [3.05, 3.63) is 30.1 Å². The lowest BCUT2D eigenvalue weighted by molar-refractivity contribution is -0.0569. The van der Waals surface area contributed by atoms with Gasteiger partial charge in [-0.2, -0.15) is 0 Å². The molecule has 2 N–H and O–H groups in total. The summed E-state index contributed by atoms with van der Waals surface area (Å²) in [5, 5.41) is 0. The summed E-state index contributed by atoms with van der Waals surface area (Å²) < 4.78 is 5.05. The summed E-state index contributed by atoms with van der Waals surface area (Å²) in [5.41, 5.74) is 6.83. The van der Waals surface area contributed by atoms with E-state index in [1.54, 1.807) is 12.4 Å². The van der Waals surface area contributed by atoms with E-state index in [0.717, 1.165) is 5.56 Å². The van der Waals surface area contributed by atoms with E-state index in [1.165, 1.54) is 0 Å². The standard InChI is InChI=1S/C8H10N2O/c9-8(5-11-6-8)7-1-3-10-4-2-7/h1-4H,5-6,9H2. The molecule has 0 amide bonds. The topological polar surface area (TPSA) is 48.1 Å². The molecule has 1 aromatic rings. The highest BCUT2D eigenvalue weighted by molar-refractivity contribution is 5.23. The maximum absolute atomic E-state index is 5.97. The smallest absolute Gasteiger partial charge is 0.0884 e. The molecule has 0 radical (unpaired) electrons. The number of aromatic nitrogens is 1. The third-order valence-electron chi connectivity index (χ3n) is 1.97. The van der Waals surface area contributed by atoms with Gasteiger partial charge in [0.1, 0.15) is 0 Å². The van der Waals surface area contributed by atoms with Gasteiger partial charge in [-0.1, -0.05) is 0 Å². The van der Waals surface area contributed by atoms with Crippen molar-refractivity contribution in [2.24, 2.45) is 5.73 Å². The minimum Gasteiger partial charge on any atom is -0.377 e. The highest BCUT2D eigenvalue weighted by Gasteiger charge is 2.35. The van der Waals surface area contributed by atoms with Gasteiger partial charge in [0.25, 0.3) is 0 Å². The Balaban J connectivity index is 2.29. The minimum absolute atomic E-state index is 0.247. The first-order valence-corrected chi connectivity index (χ1v) is 3.58. The summed E-state index contributed by atoms with van der Waals surface area (Å²) in [5.74, 6) is 0. The van der Waals surface area contributed by atoms with Gasteiger partial charge in [0.2, 0.25) is 0 Å². The van der Waals surface area contributed by atoms with Crippen LogP contribution >= 0.6 is 0 Å². The van der Waals surface area contributed by atoms with E-state index in [4.69, 9.17) is 10.5 Å². The first-order chi connectivity index (χ1) is 5.31. The van der Waals surface area contributed by atoms with Crippen LogP contribution in [0.3, 0.4) is 0 Å². The third kappa shape index (κ3) is 1.02. The molecule has 3 nitrogen and oxygen atoms in total. The Bertz CT molecular complexity index is 244. The molecule has 3 heteroatoms. The van der Waals surface area contributed by atoms with Gasteiger partial charge in [0, 0.05) is 12.4 Å². The highest BCUT2D eigenvalue weighted by atomic mass is 16.5. The van der Waals surface area contributed by atoms with Crippen molar-refractivity contribution < 1.29 is 4.74 Å². The fourth-order valence-corrected chi connectivity index (χ4v) is 1.17. The van der Waals surface area contributed by atoms with Crippen LogP contribution in [0.2, 0.25) is 0 Å². The molecule has 1 aliphatic heterocycles. The average Bonchev–Trinajstić information content (AvgIpc) is 2.02. The van der Waals surface area contributed by atoms with E-state index < -0.39 is 0 Å². The summed E-state index contributed by atoms with van der Waals surface area (Å²) in [4.78, 5) is 3.92. The Kier molecular flexibility index (Phi) is 1.41. The first-order valence-electron chi connectivity index (χ1n) is 3.58. The predicted octanol–water partition coefficient (Wildman–Crippen LogP) is 0.266. The van der Waals surface area contributed by atoms with Gasteiger partial charge in [-0.15, -0.1) is 0 Å². The lowest BCUT2D eigenvalue weighted by Crippen LogP contribution is -2.54. The van der Waals surface area contributed by atoms with E-state index in [2.05, 4.69) is 4.98 Å². The lowest BCUT2D eigenvalue weighted by atomic mass is 9.90. The molecule has 0 aromatic carbocycles. The predicted molar refractivity (Wildman–Crippen MR) is 40.9 cm³/mol. The van der Waals surface area contributed by atoms with Gasteiger partial charge in [-0.3, -0.25) is 4.98 Å². The molecular formula is C8H10N2O. The zero-order valence-corrected chi connectivity index (χ0v) is 6.16. The zero-order chi connectivity index (χ0) is 7.73. The van der Waals surface area contributed by atoms with Gasteiger partial charge in [-0.25, -0.2) is 0 Å². The SMILES string of the molecule is NC1(c2ccncc2)COC1. The van der Waals surface area contributed by atoms with Crippen molar-refractivity contribution in [2.45, 2.75) is 5.54 Å². The number of hydrogen-bond acceptors (Lipinski definition) is 3. The fourth-order valence-electron chi connectivity index (χ4n) is 1.17. The van der Waals surface area contributed by atoms with Crippen LogP contribution in [0, 0.1) is 0 Å². The molecule has 0 aliphatic carbocycles. The first kappa shape index (κ1) is 6.76. The number of nitrogens with zero attached hydrogens (tertiary/aromatic N) is 1. The van der Waals surface area contributed by atoms with Crippen molar-refractivity contribution in [3.8, 4) is 0 Å². The molecule has 0 spiro atoms. The van der Waals surface area contributed by atoms with E-state index in [9.17, 15) is 0 Å². The Labute approximate surface area is 65.2 Å². The number of nitrogens with two attached hydrogens (primary N) is 1. The number of hydrogen-bond donors (Lipinski definition) is 1. The Hall–Kier alpha value is -0.930. The van der Waals surface area contributed by atoms with Crippen LogP contribution < -0.4 is 5.73 Å². The molecule has 1 aliphatic rings. The van der Waals surface area contributed by atoms with Crippen molar-refractivity contribution in [1.29, 1.82) is 0 Å². The highest BCUT2D eigenvalue weighted by Crippen LogP contribution is 2.25. The van der Waals surface area contributed by atoms with Crippen molar-refractivity contribution in [3.63, 3.8) is 0 Å². The number of ether oxygens (including phenoxy) is 1. The molecule has 0 bridgehead atoms. The van der Waals surface area contributed by atoms with E-state index >= 15 is 0 Å². The van der Waals surface area contributed by atoms with Gasteiger partial charge < -0.3 is 10.5 Å². The van der Waals surface area contributed by atoms with Crippen molar-refractivity contribution in [2.75, 3.05) is 13.2 Å². The molecule has 2 heterocycles. The molecule has 0 saturated carbocycles. The van der Waals surface area contributed by atoms with E-state index in [1.807, 2.05) is 12.1 Å². The second-order valence-corrected chi connectivity index (χ2v) is 2.88. The van der Waals surface area contributed by atoms with Crippen molar-refractivity contribution >= 4 is 0 Å². The molecule has 58 valence electrons. The van der Waals surface area contributed by atoms with Crippen LogP contribution in [0.1, 0.15) is 5.56 Å². The van der Waals surface area contributed by atoms with Crippen LogP contribution in [0.4, 0.5) is 0 Å². The summed E-state index contributed by atoms with van der Waals surface area (Å²) in [6, 6.07) is 3.87. The monoisotopic (exact) mass is 150 g/mol. The Morgan fingerprint density at radius 3 is 2.45 bits per heavy atom. The molecule has 1 fully saturated rings. The maximum Gasteiger partial charge on any atom is 0.0884 e. The quantitative estimate of drug-likeness (QED) is 0.625. The van der Waals surface area contributed by atoms with Gasteiger partial charge in [-0.05, 0) is 17.7 Å². The zero-order valence-electron chi connectivity index (χ0n) is 6.16. The van der Waals surface area contributed by atoms with Gasteiger partial charge in [0.15, 0.2) is 0 Å². The Morgan fingerprint density at radius 1 is 1.36 bits per heavy atom. The summed E-state index contributed by atoms with van der Waals surface area (Å²) in [6.45, 7) is 1.24.